The molecule has 1 fully saturated rings. The van der Waals surface area contributed by atoms with Crippen LogP contribution in [0.5, 0.6) is 0 Å². The van der Waals surface area contributed by atoms with Crippen molar-refractivity contribution in [2.75, 3.05) is 18.4 Å². The van der Waals surface area contributed by atoms with E-state index in [1.807, 2.05) is 0 Å². The van der Waals surface area contributed by atoms with Crippen LogP contribution in [0, 0.1) is 12.3 Å². The zero-order valence-corrected chi connectivity index (χ0v) is 12.8. The van der Waals surface area contributed by atoms with Crippen LogP contribution in [-0.4, -0.2) is 35.1 Å². The van der Waals surface area contributed by atoms with Crippen LogP contribution in [0.2, 0.25) is 0 Å². The largest absolute Gasteiger partial charge is 0.478 e. The van der Waals surface area contributed by atoms with Crippen LogP contribution >= 0.6 is 0 Å². The van der Waals surface area contributed by atoms with Crippen LogP contribution in [0.1, 0.15) is 42.6 Å². The molecule has 0 saturated carbocycles. The van der Waals surface area contributed by atoms with Gasteiger partial charge < -0.3 is 15.3 Å². The fourth-order valence-corrected chi connectivity index (χ4v) is 2.51. The number of hydrogen-bond donors (Lipinski definition) is 2. The van der Waals surface area contributed by atoms with Crippen LogP contribution in [0.25, 0.3) is 0 Å². The van der Waals surface area contributed by atoms with E-state index in [1.165, 1.54) is 6.07 Å². The highest BCUT2D eigenvalue weighted by Gasteiger charge is 2.28. The molecule has 5 heteroatoms. The summed E-state index contributed by atoms with van der Waals surface area (Å²) in [6.07, 6.45) is 1.92. The van der Waals surface area contributed by atoms with Gasteiger partial charge in [-0.05, 0) is 36.8 Å². The van der Waals surface area contributed by atoms with Crippen molar-refractivity contribution in [3.63, 3.8) is 0 Å². The third-order valence-electron chi connectivity index (χ3n) is 4.14. The fraction of sp³-hybridized carbons (Fsp3) is 0.500. The normalized spacial score (nSPS) is 17.4. The SMILES string of the molecule is Cc1cccc(C(=O)O)c1NC(=O)N1CCC(C)(C)CC1. The lowest BCUT2D eigenvalue weighted by atomic mass is 9.83. The molecule has 1 saturated heterocycles. The van der Waals surface area contributed by atoms with Gasteiger partial charge in [0.2, 0.25) is 0 Å². The number of aryl methyl sites for hydroxylation is 1. The smallest absolute Gasteiger partial charge is 0.337 e. The molecule has 1 heterocycles. The average Bonchev–Trinajstić information content (AvgIpc) is 2.40. The van der Waals surface area contributed by atoms with Crippen LogP contribution in [0.3, 0.4) is 0 Å². The summed E-state index contributed by atoms with van der Waals surface area (Å²) < 4.78 is 0. The molecule has 0 radical (unpaired) electrons. The number of rotatable bonds is 2. The Hall–Kier alpha value is -2.04. The van der Waals surface area contributed by atoms with E-state index < -0.39 is 5.97 Å². The van der Waals surface area contributed by atoms with Crippen molar-refractivity contribution in [2.45, 2.75) is 33.6 Å². The van der Waals surface area contributed by atoms with E-state index in [1.54, 1.807) is 24.0 Å². The van der Waals surface area contributed by atoms with Gasteiger partial charge in [0.05, 0.1) is 11.3 Å². The summed E-state index contributed by atoms with van der Waals surface area (Å²) in [5.74, 6) is -1.03. The summed E-state index contributed by atoms with van der Waals surface area (Å²) in [5.41, 5.74) is 1.53. The van der Waals surface area contributed by atoms with E-state index in [-0.39, 0.29) is 17.0 Å². The minimum atomic E-state index is -1.03. The van der Waals surface area contributed by atoms with Gasteiger partial charge in [0.25, 0.3) is 0 Å². The highest BCUT2D eigenvalue weighted by molar-refractivity contribution is 6.01. The molecule has 2 N–H and O–H groups in total. The first-order chi connectivity index (χ1) is 9.80. The molecule has 1 aromatic rings. The number of para-hydroxylation sites is 1. The Bertz CT molecular complexity index is 557. The average molecular weight is 290 g/mol. The molecule has 0 bridgehead atoms. The van der Waals surface area contributed by atoms with Crippen molar-refractivity contribution in [1.82, 2.24) is 4.90 Å². The molecule has 0 aromatic heterocycles. The minimum Gasteiger partial charge on any atom is -0.478 e. The van der Waals surface area contributed by atoms with Crippen LogP contribution in [0.15, 0.2) is 18.2 Å². The Balaban J connectivity index is 2.12. The number of anilines is 1. The number of nitrogens with zero attached hydrogens (tertiary/aromatic N) is 1. The van der Waals surface area contributed by atoms with E-state index in [2.05, 4.69) is 19.2 Å². The molecule has 1 aliphatic heterocycles. The predicted octanol–water partition coefficient (Wildman–Crippen LogP) is 3.35. The predicted molar refractivity (Wildman–Crippen MR) is 81.7 cm³/mol. The van der Waals surface area contributed by atoms with Crippen molar-refractivity contribution in [3.8, 4) is 0 Å². The lowest BCUT2D eigenvalue weighted by Crippen LogP contribution is -2.43. The van der Waals surface area contributed by atoms with E-state index in [9.17, 15) is 14.7 Å². The van der Waals surface area contributed by atoms with Crippen LogP contribution < -0.4 is 5.32 Å². The monoisotopic (exact) mass is 290 g/mol. The second-order valence-corrected chi connectivity index (χ2v) is 6.38. The number of amides is 2. The summed E-state index contributed by atoms with van der Waals surface area (Å²) in [6, 6.07) is 4.76. The van der Waals surface area contributed by atoms with E-state index in [0.29, 0.717) is 18.8 Å². The maximum atomic E-state index is 12.3. The molecular weight excluding hydrogens is 268 g/mol. The zero-order chi connectivity index (χ0) is 15.6. The second kappa shape index (κ2) is 5.76. The van der Waals surface area contributed by atoms with Crippen molar-refractivity contribution in [2.24, 2.45) is 5.41 Å². The highest BCUT2D eigenvalue weighted by atomic mass is 16.4. The van der Waals surface area contributed by atoms with Gasteiger partial charge in [-0.2, -0.15) is 0 Å². The lowest BCUT2D eigenvalue weighted by molar-refractivity contribution is 0.0698. The van der Waals surface area contributed by atoms with Gasteiger partial charge in [-0.25, -0.2) is 9.59 Å². The third kappa shape index (κ3) is 3.54. The number of carbonyl (C=O) groups excluding carboxylic acids is 1. The van der Waals surface area contributed by atoms with Gasteiger partial charge in [-0.15, -0.1) is 0 Å². The number of hydrogen-bond acceptors (Lipinski definition) is 2. The zero-order valence-electron chi connectivity index (χ0n) is 12.8. The molecule has 0 atom stereocenters. The number of benzene rings is 1. The van der Waals surface area contributed by atoms with Crippen molar-refractivity contribution in [1.29, 1.82) is 0 Å². The van der Waals surface area contributed by atoms with E-state index in [0.717, 1.165) is 18.4 Å². The number of urea groups is 1. The molecule has 5 nitrogen and oxygen atoms in total. The molecule has 1 aliphatic rings. The molecular formula is C16H22N2O3. The van der Waals surface area contributed by atoms with Gasteiger partial charge in [0, 0.05) is 13.1 Å². The van der Waals surface area contributed by atoms with Gasteiger partial charge in [0.1, 0.15) is 0 Å². The number of carbonyl (C=O) groups is 2. The first-order valence-electron chi connectivity index (χ1n) is 7.19. The maximum absolute atomic E-state index is 12.3. The minimum absolute atomic E-state index is 0.126. The Kier molecular flexibility index (Phi) is 4.21. The van der Waals surface area contributed by atoms with E-state index >= 15 is 0 Å². The fourth-order valence-electron chi connectivity index (χ4n) is 2.51. The number of piperidine rings is 1. The lowest BCUT2D eigenvalue weighted by Gasteiger charge is -2.36. The second-order valence-electron chi connectivity index (χ2n) is 6.38. The molecule has 1 aromatic carbocycles. The van der Waals surface area contributed by atoms with Gasteiger partial charge in [0.15, 0.2) is 0 Å². The summed E-state index contributed by atoms with van der Waals surface area (Å²) in [5, 5.41) is 12.0. The van der Waals surface area contributed by atoms with Gasteiger partial charge in [-0.1, -0.05) is 26.0 Å². The van der Waals surface area contributed by atoms with Gasteiger partial charge >= 0.3 is 12.0 Å². The standard InChI is InChI=1S/C16H22N2O3/c1-11-5-4-6-12(14(19)20)13(11)17-15(21)18-9-7-16(2,3)8-10-18/h4-6H,7-10H2,1-3H3,(H,17,21)(H,19,20). The van der Waals surface area contributed by atoms with E-state index in [4.69, 9.17) is 0 Å². The maximum Gasteiger partial charge on any atom is 0.337 e. The third-order valence-corrected chi connectivity index (χ3v) is 4.14. The summed E-state index contributed by atoms with van der Waals surface area (Å²) in [6.45, 7) is 7.60. The molecule has 0 unspecified atom stereocenters. The highest BCUT2D eigenvalue weighted by Crippen LogP contribution is 2.30. The molecule has 2 amide bonds. The summed E-state index contributed by atoms with van der Waals surface area (Å²) >= 11 is 0. The van der Waals surface area contributed by atoms with Gasteiger partial charge in [-0.3, -0.25) is 0 Å². The van der Waals surface area contributed by atoms with Crippen molar-refractivity contribution >= 4 is 17.7 Å². The summed E-state index contributed by atoms with van der Waals surface area (Å²) in [4.78, 5) is 25.3. The van der Waals surface area contributed by atoms with Crippen LogP contribution in [0.4, 0.5) is 10.5 Å². The molecule has 0 aliphatic carbocycles. The first kappa shape index (κ1) is 15.4. The molecule has 21 heavy (non-hydrogen) atoms. The van der Waals surface area contributed by atoms with Crippen molar-refractivity contribution in [3.05, 3.63) is 29.3 Å². The Morgan fingerprint density at radius 1 is 1.24 bits per heavy atom. The summed E-state index contributed by atoms with van der Waals surface area (Å²) in [7, 11) is 0. The molecule has 114 valence electrons. The number of carboxylic acid groups (broad SMARTS) is 1. The number of aromatic carboxylic acids is 1. The number of likely N-dealkylation sites (tertiary alicyclic amines) is 1. The Morgan fingerprint density at radius 2 is 1.86 bits per heavy atom. The number of nitrogens with one attached hydrogen (secondary N) is 1. The number of carboxylic acids is 1. The Morgan fingerprint density at radius 3 is 2.43 bits per heavy atom. The quantitative estimate of drug-likeness (QED) is 0.877. The molecule has 0 spiro atoms. The first-order valence-corrected chi connectivity index (χ1v) is 7.19. The van der Waals surface area contributed by atoms with Crippen molar-refractivity contribution < 1.29 is 14.7 Å². The topological polar surface area (TPSA) is 69.6 Å². The Labute approximate surface area is 125 Å². The molecule has 2 rings (SSSR count). The van der Waals surface area contributed by atoms with Crippen LogP contribution in [-0.2, 0) is 0 Å².